The molecule has 84 valence electrons. The van der Waals surface area contributed by atoms with E-state index in [0.717, 1.165) is 16.7 Å². The second kappa shape index (κ2) is 3.92. The molecule has 0 aromatic heterocycles. The number of rotatable bonds is 2. The van der Waals surface area contributed by atoms with Gasteiger partial charge >= 0.3 is 13.1 Å². The van der Waals surface area contributed by atoms with Gasteiger partial charge in [0.05, 0.1) is 12.5 Å². The van der Waals surface area contributed by atoms with E-state index in [-0.39, 0.29) is 6.42 Å². The van der Waals surface area contributed by atoms with Crippen LogP contribution in [-0.4, -0.2) is 23.2 Å². The summed E-state index contributed by atoms with van der Waals surface area (Å²) in [6, 6.07) is 3.81. The van der Waals surface area contributed by atoms with Gasteiger partial charge in [0.15, 0.2) is 0 Å². The molecule has 4 nitrogen and oxygen atoms in total. The first-order valence-corrected chi connectivity index (χ1v) is 5.15. The summed E-state index contributed by atoms with van der Waals surface area (Å²) in [6.07, 6.45) is -0.656. The molecule has 5 heteroatoms. The molecule has 0 spiro atoms. The van der Waals surface area contributed by atoms with Crippen LogP contribution in [0.5, 0.6) is 0 Å². The van der Waals surface area contributed by atoms with Gasteiger partial charge in [0, 0.05) is 0 Å². The Morgan fingerprint density at radius 1 is 1.50 bits per heavy atom. The predicted octanol–water partition coefficient (Wildman–Crippen LogP) is 0.537. The normalized spacial score (nSPS) is 18.7. The highest BCUT2D eigenvalue weighted by Gasteiger charge is 2.37. The average molecular weight is 220 g/mol. The van der Waals surface area contributed by atoms with Crippen LogP contribution in [0.3, 0.4) is 0 Å². The van der Waals surface area contributed by atoms with Crippen LogP contribution in [0.4, 0.5) is 0 Å². The van der Waals surface area contributed by atoms with E-state index in [1.165, 1.54) is 0 Å². The fraction of sp³-hybridized carbons (Fsp3) is 0.364. The monoisotopic (exact) mass is 220 g/mol. The fourth-order valence-electron chi connectivity index (χ4n) is 2.26. The molecule has 0 saturated heterocycles. The Morgan fingerprint density at radius 2 is 2.19 bits per heavy atom. The van der Waals surface area contributed by atoms with Crippen molar-refractivity contribution in [2.75, 3.05) is 0 Å². The highest BCUT2D eigenvalue weighted by molar-refractivity contribution is 6.61. The lowest BCUT2D eigenvalue weighted by Gasteiger charge is -2.12. The highest BCUT2D eigenvalue weighted by atomic mass is 16.5. The molecule has 2 N–H and O–H groups in total. The summed E-state index contributed by atoms with van der Waals surface area (Å²) in [5.74, 6) is -0.926. The predicted molar refractivity (Wildman–Crippen MR) is 59.6 cm³/mol. The van der Waals surface area contributed by atoms with E-state index in [4.69, 9.17) is 9.76 Å². The van der Waals surface area contributed by atoms with Gasteiger partial charge in [-0.1, -0.05) is 17.7 Å². The van der Waals surface area contributed by atoms with Gasteiger partial charge < -0.3 is 14.8 Å². The Labute approximate surface area is 94.0 Å². The van der Waals surface area contributed by atoms with E-state index < -0.39 is 19.2 Å². The zero-order chi connectivity index (χ0) is 11.9. The number of benzene rings is 1. The largest absolute Gasteiger partial charge is 0.492 e. The van der Waals surface area contributed by atoms with Crippen molar-refractivity contribution in [1.82, 2.24) is 0 Å². The van der Waals surface area contributed by atoms with E-state index in [2.05, 4.69) is 0 Å². The number of carboxylic acid groups (broad SMARTS) is 1. The quantitative estimate of drug-likeness (QED) is 0.713. The Bertz CT molecular complexity index is 444. The van der Waals surface area contributed by atoms with Crippen molar-refractivity contribution in [3.05, 3.63) is 28.8 Å². The molecule has 1 aliphatic heterocycles. The molecule has 1 heterocycles. The molecular formula is C11H13BO4. The van der Waals surface area contributed by atoms with Gasteiger partial charge in [-0.25, -0.2) is 0 Å². The van der Waals surface area contributed by atoms with Crippen LogP contribution < -0.4 is 5.46 Å². The van der Waals surface area contributed by atoms with Crippen molar-refractivity contribution in [2.45, 2.75) is 26.4 Å². The van der Waals surface area contributed by atoms with Crippen molar-refractivity contribution in [3.8, 4) is 0 Å². The molecule has 1 aliphatic rings. The van der Waals surface area contributed by atoms with Crippen LogP contribution in [0.25, 0.3) is 0 Å². The molecule has 0 bridgehead atoms. The Kier molecular flexibility index (Phi) is 2.74. The van der Waals surface area contributed by atoms with Crippen LogP contribution in [-0.2, 0) is 9.45 Å². The van der Waals surface area contributed by atoms with Gasteiger partial charge in [0.1, 0.15) is 0 Å². The zero-order valence-electron chi connectivity index (χ0n) is 9.23. The number of aryl methyl sites for hydroxylation is 2. The zero-order valence-corrected chi connectivity index (χ0v) is 9.23. The van der Waals surface area contributed by atoms with Crippen LogP contribution in [0.2, 0.25) is 0 Å². The van der Waals surface area contributed by atoms with Gasteiger partial charge in [-0.15, -0.1) is 0 Å². The second-order valence-corrected chi connectivity index (χ2v) is 4.16. The maximum atomic E-state index is 10.7. The third-order valence-corrected chi connectivity index (χ3v) is 2.80. The van der Waals surface area contributed by atoms with Crippen molar-refractivity contribution in [2.24, 2.45) is 0 Å². The lowest BCUT2D eigenvalue weighted by molar-refractivity contribution is -0.138. The van der Waals surface area contributed by atoms with E-state index in [9.17, 15) is 9.82 Å². The highest BCUT2D eigenvalue weighted by Crippen LogP contribution is 2.29. The SMILES string of the molecule is Cc1cc(C)c2c(c1)B(O)OC2CC(=O)O. The molecule has 1 unspecified atom stereocenters. The first-order chi connectivity index (χ1) is 7.49. The Morgan fingerprint density at radius 3 is 2.81 bits per heavy atom. The van der Waals surface area contributed by atoms with Gasteiger partial charge in [0.2, 0.25) is 0 Å². The van der Waals surface area contributed by atoms with Crippen LogP contribution >= 0.6 is 0 Å². The van der Waals surface area contributed by atoms with Crippen molar-refractivity contribution in [3.63, 3.8) is 0 Å². The third-order valence-electron chi connectivity index (χ3n) is 2.80. The van der Waals surface area contributed by atoms with Gasteiger partial charge in [0.25, 0.3) is 0 Å². The summed E-state index contributed by atoms with van der Waals surface area (Å²) in [7, 11) is -1.00. The van der Waals surface area contributed by atoms with Gasteiger partial charge in [-0.3, -0.25) is 4.79 Å². The van der Waals surface area contributed by atoms with Crippen LogP contribution in [0, 0.1) is 13.8 Å². The standard InChI is InChI=1S/C11H13BO4/c1-6-3-7(2)11-8(4-6)12(15)16-9(11)5-10(13)14/h3-4,9,15H,5H2,1-2H3,(H,13,14). The lowest BCUT2D eigenvalue weighted by Crippen LogP contribution is -2.28. The number of carbonyl (C=O) groups is 1. The summed E-state index contributed by atoms with van der Waals surface area (Å²) >= 11 is 0. The first kappa shape index (κ1) is 11.2. The third kappa shape index (κ3) is 1.84. The van der Waals surface area contributed by atoms with Crippen molar-refractivity contribution < 1.29 is 19.6 Å². The summed E-state index contributed by atoms with van der Waals surface area (Å²) in [5, 5.41) is 18.5. The average Bonchev–Trinajstić information content (AvgIpc) is 2.42. The smallest absolute Gasteiger partial charge is 0.481 e. The number of hydrogen-bond donors (Lipinski definition) is 2. The maximum absolute atomic E-state index is 10.7. The minimum atomic E-state index is -1.00. The van der Waals surface area contributed by atoms with E-state index >= 15 is 0 Å². The summed E-state index contributed by atoms with van der Waals surface area (Å²) in [5.41, 5.74) is 3.52. The van der Waals surface area contributed by atoms with Crippen molar-refractivity contribution >= 4 is 18.6 Å². The Hall–Kier alpha value is -1.33. The molecule has 1 aromatic rings. The molecule has 0 aliphatic carbocycles. The maximum Gasteiger partial charge on any atom is 0.492 e. The molecule has 0 radical (unpaired) electrons. The fourth-order valence-corrected chi connectivity index (χ4v) is 2.26. The summed E-state index contributed by atoms with van der Waals surface area (Å²) in [4.78, 5) is 10.7. The van der Waals surface area contributed by atoms with E-state index in [0.29, 0.717) is 5.46 Å². The summed E-state index contributed by atoms with van der Waals surface area (Å²) in [6.45, 7) is 3.84. The molecule has 0 fully saturated rings. The second-order valence-electron chi connectivity index (χ2n) is 4.16. The number of aliphatic carboxylic acids is 1. The molecular weight excluding hydrogens is 207 g/mol. The first-order valence-electron chi connectivity index (χ1n) is 5.15. The molecule has 0 saturated carbocycles. The molecule has 1 atom stereocenters. The topological polar surface area (TPSA) is 66.8 Å². The van der Waals surface area contributed by atoms with Crippen molar-refractivity contribution in [1.29, 1.82) is 0 Å². The number of hydrogen-bond acceptors (Lipinski definition) is 3. The number of carboxylic acids is 1. The van der Waals surface area contributed by atoms with Gasteiger partial charge in [-0.05, 0) is 30.4 Å². The minimum Gasteiger partial charge on any atom is -0.481 e. The molecule has 1 aromatic carbocycles. The molecule has 16 heavy (non-hydrogen) atoms. The van der Waals surface area contributed by atoms with Gasteiger partial charge in [-0.2, -0.15) is 0 Å². The molecule has 2 rings (SSSR count). The van der Waals surface area contributed by atoms with Crippen LogP contribution in [0.15, 0.2) is 12.1 Å². The number of fused-ring (bicyclic) bond motifs is 1. The summed E-state index contributed by atoms with van der Waals surface area (Å²) < 4.78 is 5.25. The lowest BCUT2D eigenvalue weighted by atomic mass is 9.77. The molecule has 0 amide bonds. The minimum absolute atomic E-state index is 0.117. The van der Waals surface area contributed by atoms with Crippen LogP contribution in [0.1, 0.15) is 29.2 Å². The van der Waals surface area contributed by atoms with E-state index in [1.807, 2.05) is 26.0 Å². The Balaban J connectivity index is 2.44. The van der Waals surface area contributed by atoms with E-state index in [1.54, 1.807) is 0 Å².